The number of ether oxygens (including phenoxy) is 1. The Morgan fingerprint density at radius 2 is 2.25 bits per heavy atom. The van der Waals surface area contributed by atoms with Crippen molar-refractivity contribution in [3.63, 3.8) is 0 Å². The van der Waals surface area contributed by atoms with Crippen LogP contribution in [0, 0.1) is 0 Å². The summed E-state index contributed by atoms with van der Waals surface area (Å²) in [6.07, 6.45) is 0.0550. The van der Waals surface area contributed by atoms with Gasteiger partial charge in [0, 0.05) is 5.56 Å². The molecule has 0 bridgehead atoms. The molecule has 1 amide bonds. The van der Waals surface area contributed by atoms with Gasteiger partial charge in [0.1, 0.15) is 5.75 Å². The lowest BCUT2D eigenvalue weighted by atomic mass is 10.2. The SMILES string of the molecule is CCn1nnc(NC(=O)c2cccc(OC(C)C)c2)n1. The molecule has 1 aromatic heterocycles. The van der Waals surface area contributed by atoms with Crippen LogP contribution in [0.25, 0.3) is 0 Å². The number of nitrogens with one attached hydrogen (secondary N) is 1. The van der Waals surface area contributed by atoms with Crippen molar-refractivity contribution < 1.29 is 9.53 Å². The molecule has 0 atom stereocenters. The van der Waals surface area contributed by atoms with Crippen LogP contribution in [0.3, 0.4) is 0 Å². The Morgan fingerprint density at radius 3 is 2.90 bits per heavy atom. The Balaban J connectivity index is 2.08. The number of anilines is 1. The van der Waals surface area contributed by atoms with Gasteiger partial charge in [-0.25, -0.2) is 0 Å². The maximum absolute atomic E-state index is 12.1. The van der Waals surface area contributed by atoms with E-state index >= 15 is 0 Å². The van der Waals surface area contributed by atoms with Gasteiger partial charge in [-0.3, -0.25) is 10.1 Å². The summed E-state index contributed by atoms with van der Waals surface area (Å²) in [6.45, 7) is 6.35. The van der Waals surface area contributed by atoms with Crippen LogP contribution < -0.4 is 10.1 Å². The highest BCUT2D eigenvalue weighted by Gasteiger charge is 2.10. The fourth-order valence-electron chi connectivity index (χ4n) is 1.58. The first kappa shape index (κ1) is 14.0. The fourth-order valence-corrected chi connectivity index (χ4v) is 1.58. The molecule has 2 aromatic rings. The number of amides is 1. The van der Waals surface area contributed by atoms with Gasteiger partial charge in [-0.15, -0.1) is 5.10 Å². The molecule has 0 aliphatic heterocycles. The molecule has 106 valence electrons. The van der Waals surface area contributed by atoms with Gasteiger partial charge in [0.05, 0.1) is 12.6 Å². The second kappa shape index (κ2) is 6.14. The summed E-state index contributed by atoms with van der Waals surface area (Å²) in [5.74, 6) is 0.541. The average Bonchev–Trinajstić information content (AvgIpc) is 2.86. The van der Waals surface area contributed by atoms with E-state index in [1.54, 1.807) is 18.2 Å². The highest BCUT2D eigenvalue weighted by Crippen LogP contribution is 2.15. The van der Waals surface area contributed by atoms with E-state index in [2.05, 4.69) is 20.7 Å². The van der Waals surface area contributed by atoms with Crippen LogP contribution in [0.4, 0.5) is 5.95 Å². The Labute approximate surface area is 116 Å². The zero-order chi connectivity index (χ0) is 14.5. The summed E-state index contributed by atoms with van der Waals surface area (Å²) in [5, 5.41) is 14.1. The molecule has 0 unspecified atom stereocenters. The van der Waals surface area contributed by atoms with E-state index < -0.39 is 0 Å². The molecule has 0 saturated carbocycles. The first-order valence-electron chi connectivity index (χ1n) is 6.44. The molecule has 0 spiro atoms. The topological polar surface area (TPSA) is 81.9 Å². The molecular weight excluding hydrogens is 258 g/mol. The third-order valence-corrected chi connectivity index (χ3v) is 2.43. The van der Waals surface area contributed by atoms with Gasteiger partial charge in [-0.1, -0.05) is 11.2 Å². The monoisotopic (exact) mass is 275 g/mol. The number of hydrogen-bond acceptors (Lipinski definition) is 5. The van der Waals surface area contributed by atoms with Gasteiger partial charge in [0.25, 0.3) is 11.9 Å². The first-order valence-corrected chi connectivity index (χ1v) is 6.44. The number of tetrazole rings is 1. The number of aromatic nitrogens is 4. The van der Waals surface area contributed by atoms with Crippen molar-refractivity contribution in [3.8, 4) is 5.75 Å². The number of aryl methyl sites for hydroxylation is 1. The molecule has 0 fully saturated rings. The lowest BCUT2D eigenvalue weighted by Gasteiger charge is -2.10. The fraction of sp³-hybridized carbons (Fsp3) is 0.385. The molecule has 1 heterocycles. The van der Waals surface area contributed by atoms with Gasteiger partial charge in [0.2, 0.25) is 0 Å². The minimum atomic E-state index is -0.296. The normalized spacial score (nSPS) is 10.6. The van der Waals surface area contributed by atoms with Gasteiger partial charge in [-0.2, -0.15) is 4.80 Å². The van der Waals surface area contributed by atoms with Crippen LogP contribution >= 0.6 is 0 Å². The third-order valence-electron chi connectivity index (χ3n) is 2.43. The summed E-state index contributed by atoms with van der Waals surface area (Å²) >= 11 is 0. The zero-order valence-electron chi connectivity index (χ0n) is 11.7. The molecule has 7 nitrogen and oxygen atoms in total. The molecule has 1 aromatic carbocycles. The van der Waals surface area contributed by atoms with Crippen molar-refractivity contribution in [1.29, 1.82) is 0 Å². The van der Waals surface area contributed by atoms with Crippen molar-refractivity contribution in [2.24, 2.45) is 0 Å². The molecule has 20 heavy (non-hydrogen) atoms. The molecule has 1 N–H and O–H groups in total. The number of carbonyl (C=O) groups excluding carboxylic acids is 1. The number of rotatable bonds is 5. The van der Waals surface area contributed by atoms with Gasteiger partial charge >= 0.3 is 0 Å². The first-order chi connectivity index (χ1) is 9.58. The summed E-state index contributed by atoms with van der Waals surface area (Å²) in [6, 6.07) is 6.96. The summed E-state index contributed by atoms with van der Waals surface area (Å²) < 4.78 is 5.55. The molecular formula is C13H17N5O2. The molecule has 2 rings (SSSR count). The molecule has 0 saturated heterocycles. The number of benzene rings is 1. The largest absolute Gasteiger partial charge is 0.491 e. The maximum atomic E-state index is 12.1. The van der Waals surface area contributed by atoms with E-state index in [9.17, 15) is 4.79 Å². The van der Waals surface area contributed by atoms with E-state index in [0.717, 1.165) is 0 Å². The Morgan fingerprint density at radius 1 is 1.45 bits per heavy atom. The highest BCUT2D eigenvalue weighted by molar-refractivity contribution is 6.03. The van der Waals surface area contributed by atoms with Crippen LogP contribution in [-0.4, -0.2) is 32.2 Å². The van der Waals surface area contributed by atoms with Crippen molar-refractivity contribution >= 4 is 11.9 Å². The van der Waals surface area contributed by atoms with Crippen LogP contribution in [0.15, 0.2) is 24.3 Å². The minimum Gasteiger partial charge on any atom is -0.491 e. The van der Waals surface area contributed by atoms with Crippen molar-refractivity contribution in [2.45, 2.75) is 33.4 Å². The van der Waals surface area contributed by atoms with Crippen LogP contribution in [0.5, 0.6) is 5.75 Å². The lowest BCUT2D eigenvalue weighted by molar-refractivity contribution is 0.102. The Bertz CT molecular complexity index is 594. The third kappa shape index (κ3) is 3.53. The Kier molecular flexibility index (Phi) is 4.29. The van der Waals surface area contributed by atoms with Crippen molar-refractivity contribution in [1.82, 2.24) is 20.2 Å². The van der Waals surface area contributed by atoms with E-state index in [-0.39, 0.29) is 18.0 Å². The predicted octanol–water partition coefficient (Wildman–Crippen LogP) is 1.73. The van der Waals surface area contributed by atoms with Crippen LogP contribution in [0.1, 0.15) is 31.1 Å². The predicted molar refractivity (Wildman–Crippen MR) is 73.7 cm³/mol. The van der Waals surface area contributed by atoms with Crippen LogP contribution in [-0.2, 0) is 6.54 Å². The lowest BCUT2D eigenvalue weighted by Crippen LogP contribution is -2.14. The zero-order valence-corrected chi connectivity index (χ0v) is 11.7. The smallest absolute Gasteiger partial charge is 0.270 e. The van der Waals surface area contributed by atoms with E-state index in [1.165, 1.54) is 4.80 Å². The second-order valence-electron chi connectivity index (χ2n) is 4.45. The number of nitrogens with zero attached hydrogens (tertiary/aromatic N) is 4. The van der Waals surface area contributed by atoms with Crippen molar-refractivity contribution in [3.05, 3.63) is 29.8 Å². The highest BCUT2D eigenvalue weighted by atomic mass is 16.5. The molecule has 7 heteroatoms. The number of carbonyl (C=O) groups is 1. The summed E-state index contributed by atoms with van der Waals surface area (Å²) in [4.78, 5) is 13.5. The summed E-state index contributed by atoms with van der Waals surface area (Å²) in [7, 11) is 0. The molecule has 0 aliphatic rings. The quantitative estimate of drug-likeness (QED) is 0.898. The maximum Gasteiger partial charge on any atom is 0.270 e. The second-order valence-corrected chi connectivity index (χ2v) is 4.45. The van der Waals surface area contributed by atoms with Gasteiger partial charge in [0.15, 0.2) is 0 Å². The van der Waals surface area contributed by atoms with Gasteiger partial charge in [-0.05, 0) is 44.2 Å². The van der Waals surface area contributed by atoms with Crippen molar-refractivity contribution in [2.75, 3.05) is 5.32 Å². The van der Waals surface area contributed by atoms with E-state index in [4.69, 9.17) is 4.74 Å². The standard InChI is InChI=1S/C13H17N5O2/c1-4-18-16-13(15-17-18)14-12(19)10-6-5-7-11(8-10)20-9(2)3/h5-9H,4H2,1-3H3,(H,14,16,19). The molecule has 0 radical (unpaired) electrons. The Hall–Kier alpha value is -2.44. The summed E-state index contributed by atoms with van der Waals surface area (Å²) in [5.41, 5.74) is 0.482. The average molecular weight is 275 g/mol. The van der Waals surface area contributed by atoms with E-state index in [1.807, 2.05) is 26.8 Å². The van der Waals surface area contributed by atoms with Crippen LogP contribution in [0.2, 0.25) is 0 Å². The number of hydrogen-bond donors (Lipinski definition) is 1. The minimum absolute atomic E-state index is 0.0550. The van der Waals surface area contributed by atoms with Gasteiger partial charge < -0.3 is 4.74 Å². The molecule has 0 aliphatic carbocycles. The van der Waals surface area contributed by atoms with E-state index in [0.29, 0.717) is 17.9 Å².